The molecule has 3 heterocycles. The second-order valence-corrected chi connectivity index (χ2v) is 6.09. The molecule has 1 amide bonds. The maximum atomic E-state index is 12.4. The molecule has 22 heavy (non-hydrogen) atoms. The van der Waals surface area contributed by atoms with E-state index in [0.717, 1.165) is 44.7 Å². The van der Waals surface area contributed by atoms with Crippen LogP contribution in [0.3, 0.4) is 0 Å². The predicted octanol–water partition coefficient (Wildman–Crippen LogP) is 2.23. The molecule has 1 N–H and O–H groups in total. The fourth-order valence-corrected chi connectivity index (χ4v) is 3.31. The highest BCUT2D eigenvalue weighted by Gasteiger charge is 2.36. The van der Waals surface area contributed by atoms with Crippen LogP contribution in [0.15, 0.2) is 12.4 Å². The number of nitrogens with zero attached hydrogens (tertiary/aromatic N) is 3. The van der Waals surface area contributed by atoms with Gasteiger partial charge in [-0.25, -0.2) is 4.98 Å². The largest absolute Gasteiger partial charge is 0.337 e. The van der Waals surface area contributed by atoms with Crippen LogP contribution in [0.5, 0.6) is 0 Å². The van der Waals surface area contributed by atoms with Gasteiger partial charge in [0.05, 0.1) is 11.9 Å². The first-order valence-corrected chi connectivity index (χ1v) is 7.47. The van der Waals surface area contributed by atoms with Crippen LogP contribution < -0.4 is 5.32 Å². The molecule has 5 nitrogen and oxygen atoms in total. The van der Waals surface area contributed by atoms with E-state index in [4.69, 9.17) is 0 Å². The highest BCUT2D eigenvalue weighted by Crippen LogP contribution is 2.39. The van der Waals surface area contributed by atoms with E-state index in [1.54, 1.807) is 12.4 Å². The van der Waals surface area contributed by atoms with Gasteiger partial charge in [-0.2, -0.15) is 0 Å². The van der Waals surface area contributed by atoms with Gasteiger partial charge in [0.2, 0.25) is 0 Å². The van der Waals surface area contributed by atoms with Gasteiger partial charge in [-0.3, -0.25) is 9.78 Å². The van der Waals surface area contributed by atoms with Crippen molar-refractivity contribution in [2.75, 3.05) is 26.2 Å². The summed E-state index contributed by atoms with van der Waals surface area (Å²) in [5, 5.41) is 3.42. The van der Waals surface area contributed by atoms with Crippen molar-refractivity contribution >= 4 is 30.7 Å². The molecule has 0 saturated carbocycles. The lowest BCUT2D eigenvalue weighted by atomic mass is 9.71. The van der Waals surface area contributed by atoms with E-state index in [0.29, 0.717) is 11.1 Å². The molecule has 0 unspecified atom stereocenters. The van der Waals surface area contributed by atoms with Gasteiger partial charge in [-0.15, -0.1) is 24.8 Å². The number of nitrogens with one attached hydrogen (secondary N) is 1. The molecule has 2 saturated heterocycles. The van der Waals surface area contributed by atoms with Gasteiger partial charge >= 0.3 is 0 Å². The molecule has 7 heteroatoms. The van der Waals surface area contributed by atoms with Crippen LogP contribution in [0.25, 0.3) is 0 Å². The van der Waals surface area contributed by atoms with Crippen molar-refractivity contribution < 1.29 is 4.79 Å². The van der Waals surface area contributed by atoms with E-state index < -0.39 is 0 Å². The number of aromatic nitrogens is 2. The second kappa shape index (κ2) is 8.09. The lowest BCUT2D eigenvalue weighted by Crippen LogP contribution is -2.47. The number of hydrogen-bond acceptors (Lipinski definition) is 4. The van der Waals surface area contributed by atoms with Crippen molar-refractivity contribution in [1.29, 1.82) is 0 Å². The van der Waals surface area contributed by atoms with E-state index in [9.17, 15) is 4.79 Å². The molecule has 2 aliphatic heterocycles. The van der Waals surface area contributed by atoms with E-state index >= 15 is 0 Å². The third-order valence-electron chi connectivity index (χ3n) is 4.78. The molecule has 0 radical (unpaired) electrons. The number of carbonyl (C=O) groups is 1. The summed E-state index contributed by atoms with van der Waals surface area (Å²) in [6.45, 7) is 5.83. The van der Waals surface area contributed by atoms with Gasteiger partial charge in [-0.05, 0) is 51.1 Å². The Bertz CT molecular complexity index is 479. The molecule has 2 fully saturated rings. The van der Waals surface area contributed by atoms with Crippen LogP contribution in [0, 0.1) is 12.3 Å². The summed E-state index contributed by atoms with van der Waals surface area (Å²) >= 11 is 0. The maximum absolute atomic E-state index is 12.4. The Kier molecular flexibility index (Phi) is 7.03. The average Bonchev–Trinajstić information content (AvgIpc) is 2.49. The van der Waals surface area contributed by atoms with Crippen LogP contribution in [0.4, 0.5) is 0 Å². The number of piperidine rings is 2. The normalized spacial score (nSPS) is 20.0. The summed E-state index contributed by atoms with van der Waals surface area (Å²) < 4.78 is 0. The Balaban J connectivity index is 0.00000121. The highest BCUT2D eigenvalue weighted by atomic mass is 35.5. The monoisotopic (exact) mass is 346 g/mol. The van der Waals surface area contributed by atoms with Crippen LogP contribution in [-0.4, -0.2) is 47.0 Å². The summed E-state index contributed by atoms with van der Waals surface area (Å²) in [5.41, 5.74) is 1.78. The molecule has 0 atom stereocenters. The molecule has 2 aliphatic rings. The van der Waals surface area contributed by atoms with Crippen LogP contribution in [-0.2, 0) is 0 Å². The van der Waals surface area contributed by atoms with Gasteiger partial charge < -0.3 is 10.2 Å². The quantitative estimate of drug-likeness (QED) is 0.847. The lowest BCUT2D eigenvalue weighted by Gasteiger charge is -2.44. The zero-order valence-electron chi connectivity index (χ0n) is 12.9. The fourth-order valence-electron chi connectivity index (χ4n) is 3.31. The Hall–Kier alpha value is -0.910. The first kappa shape index (κ1) is 19.1. The number of hydrogen-bond donors (Lipinski definition) is 1. The molecule has 1 aromatic heterocycles. The summed E-state index contributed by atoms with van der Waals surface area (Å²) in [6, 6.07) is 0. The van der Waals surface area contributed by atoms with E-state index in [1.165, 1.54) is 12.8 Å². The van der Waals surface area contributed by atoms with Crippen molar-refractivity contribution in [3.05, 3.63) is 23.8 Å². The van der Waals surface area contributed by atoms with E-state index in [2.05, 4.69) is 15.3 Å². The van der Waals surface area contributed by atoms with E-state index in [-0.39, 0.29) is 30.7 Å². The van der Waals surface area contributed by atoms with Gasteiger partial charge in [-0.1, -0.05) is 0 Å². The number of likely N-dealkylation sites (tertiary alicyclic amines) is 1. The van der Waals surface area contributed by atoms with Crippen LogP contribution in [0.1, 0.15) is 41.9 Å². The summed E-state index contributed by atoms with van der Waals surface area (Å²) in [6.07, 6.45) is 8.00. The van der Waals surface area contributed by atoms with Crippen LogP contribution >= 0.6 is 24.8 Å². The van der Waals surface area contributed by atoms with Gasteiger partial charge in [0, 0.05) is 19.3 Å². The van der Waals surface area contributed by atoms with Gasteiger partial charge in [0.15, 0.2) is 0 Å². The Morgan fingerprint density at radius 1 is 1.09 bits per heavy atom. The molecule has 124 valence electrons. The minimum atomic E-state index is 0. The smallest absolute Gasteiger partial charge is 0.274 e. The van der Waals surface area contributed by atoms with Crippen molar-refractivity contribution in [1.82, 2.24) is 20.2 Å². The second-order valence-electron chi connectivity index (χ2n) is 6.09. The molecular weight excluding hydrogens is 323 g/mol. The number of halogens is 2. The summed E-state index contributed by atoms with van der Waals surface area (Å²) in [7, 11) is 0. The molecule has 0 aliphatic carbocycles. The van der Waals surface area contributed by atoms with Crippen molar-refractivity contribution in [2.24, 2.45) is 5.41 Å². The standard InChI is InChI=1S/C15H22N4O.2ClH/c1-12-10-18-13(11-17-12)14(20)19-8-4-15(5-9-19)2-6-16-7-3-15;;/h10-11,16H,2-9H2,1H3;2*1H. The van der Waals surface area contributed by atoms with Crippen molar-refractivity contribution in [2.45, 2.75) is 32.6 Å². The van der Waals surface area contributed by atoms with Crippen molar-refractivity contribution in [3.8, 4) is 0 Å². The molecule has 1 spiro atoms. The summed E-state index contributed by atoms with van der Waals surface area (Å²) in [5.74, 6) is 0.0290. The zero-order valence-corrected chi connectivity index (χ0v) is 14.5. The SMILES string of the molecule is Cc1cnc(C(=O)N2CCC3(CCNCC3)CC2)cn1.Cl.Cl. The summed E-state index contributed by atoms with van der Waals surface area (Å²) in [4.78, 5) is 22.7. The topological polar surface area (TPSA) is 58.1 Å². The third-order valence-corrected chi connectivity index (χ3v) is 4.78. The minimum Gasteiger partial charge on any atom is -0.337 e. The zero-order chi connectivity index (χ0) is 14.0. The third kappa shape index (κ3) is 4.09. The minimum absolute atomic E-state index is 0. The van der Waals surface area contributed by atoms with Crippen molar-refractivity contribution in [3.63, 3.8) is 0 Å². The first-order valence-electron chi connectivity index (χ1n) is 7.47. The maximum Gasteiger partial charge on any atom is 0.274 e. The van der Waals surface area contributed by atoms with E-state index in [1.807, 2.05) is 11.8 Å². The Labute approximate surface area is 144 Å². The lowest BCUT2D eigenvalue weighted by molar-refractivity contribution is 0.0490. The Morgan fingerprint density at radius 3 is 2.27 bits per heavy atom. The molecule has 3 rings (SSSR count). The number of carbonyl (C=O) groups excluding carboxylic acids is 1. The number of aryl methyl sites for hydroxylation is 1. The molecule has 0 bridgehead atoms. The number of rotatable bonds is 1. The number of amides is 1. The van der Waals surface area contributed by atoms with Gasteiger partial charge in [0.25, 0.3) is 5.91 Å². The first-order chi connectivity index (χ1) is 9.69. The molecule has 1 aromatic rings. The van der Waals surface area contributed by atoms with Gasteiger partial charge in [0.1, 0.15) is 5.69 Å². The van der Waals surface area contributed by atoms with Crippen LogP contribution in [0.2, 0.25) is 0 Å². The Morgan fingerprint density at radius 2 is 1.73 bits per heavy atom. The molecular formula is C15H24Cl2N4O. The predicted molar refractivity (Wildman–Crippen MR) is 90.9 cm³/mol. The molecule has 0 aromatic carbocycles. The average molecular weight is 347 g/mol. The highest BCUT2D eigenvalue weighted by molar-refractivity contribution is 5.92. The fraction of sp³-hybridized carbons (Fsp3) is 0.667.